The van der Waals surface area contributed by atoms with Crippen molar-refractivity contribution in [2.75, 3.05) is 18.5 Å². The van der Waals surface area contributed by atoms with E-state index in [0.29, 0.717) is 6.54 Å². The minimum absolute atomic E-state index is 0.284. The van der Waals surface area contributed by atoms with E-state index in [4.69, 9.17) is 5.73 Å². The molecule has 0 amide bonds. The third-order valence-corrected chi connectivity index (χ3v) is 2.54. The largest absolute Gasteiger partial charge is 0.354 e. The van der Waals surface area contributed by atoms with E-state index in [-0.39, 0.29) is 6.04 Å². The van der Waals surface area contributed by atoms with E-state index >= 15 is 0 Å². The topological polar surface area (TPSA) is 55.0 Å². The maximum atomic E-state index is 5.59. The van der Waals surface area contributed by atoms with Crippen LogP contribution in [0.25, 0.3) is 0 Å². The first kappa shape index (κ1) is 10.9. The van der Waals surface area contributed by atoms with Gasteiger partial charge in [-0.25, -0.2) is 4.98 Å². The van der Waals surface area contributed by atoms with Gasteiger partial charge in [0.25, 0.3) is 0 Å². The van der Waals surface area contributed by atoms with Gasteiger partial charge in [-0.3, -0.25) is 4.98 Å². The lowest BCUT2D eigenvalue weighted by Crippen LogP contribution is -2.36. The maximum absolute atomic E-state index is 5.59. The summed E-state index contributed by atoms with van der Waals surface area (Å²) in [5.41, 5.74) is 7.53. The fourth-order valence-corrected chi connectivity index (χ4v) is 1.08. The quantitative estimate of drug-likeness (QED) is 0.776. The van der Waals surface area contributed by atoms with E-state index in [1.54, 1.807) is 6.20 Å². The molecule has 78 valence electrons. The van der Waals surface area contributed by atoms with E-state index in [2.05, 4.69) is 16.9 Å². The average molecular weight is 194 g/mol. The lowest BCUT2D eigenvalue weighted by Gasteiger charge is -2.24. The first-order valence-corrected chi connectivity index (χ1v) is 4.79. The van der Waals surface area contributed by atoms with E-state index in [0.717, 1.165) is 17.2 Å². The minimum atomic E-state index is 0.284. The standard InChI is InChI=1S/C10H18N4/c1-7(5-11)14(4)10-6-12-8(2)9(3)13-10/h6-7H,5,11H2,1-4H3. The molecule has 0 fully saturated rings. The van der Waals surface area contributed by atoms with Crippen molar-refractivity contribution in [3.05, 3.63) is 17.6 Å². The van der Waals surface area contributed by atoms with Crippen LogP contribution in [0.15, 0.2) is 6.20 Å². The Hall–Kier alpha value is -1.16. The summed E-state index contributed by atoms with van der Waals surface area (Å²) in [5.74, 6) is 0.881. The Morgan fingerprint density at radius 3 is 2.57 bits per heavy atom. The Balaban J connectivity index is 2.91. The molecule has 2 N–H and O–H groups in total. The third kappa shape index (κ3) is 2.20. The SMILES string of the molecule is Cc1ncc(N(C)C(C)CN)nc1C. The van der Waals surface area contributed by atoms with Crippen LogP contribution in [-0.2, 0) is 0 Å². The molecule has 4 heteroatoms. The molecule has 4 nitrogen and oxygen atoms in total. The van der Waals surface area contributed by atoms with Gasteiger partial charge in [-0.05, 0) is 20.8 Å². The van der Waals surface area contributed by atoms with Crippen molar-refractivity contribution in [2.45, 2.75) is 26.8 Å². The van der Waals surface area contributed by atoms with Gasteiger partial charge in [0.1, 0.15) is 5.82 Å². The summed E-state index contributed by atoms with van der Waals surface area (Å²) >= 11 is 0. The second-order valence-electron chi connectivity index (χ2n) is 3.59. The number of nitrogens with two attached hydrogens (primary N) is 1. The van der Waals surface area contributed by atoms with Crippen molar-refractivity contribution in [1.82, 2.24) is 9.97 Å². The molecule has 0 bridgehead atoms. The van der Waals surface area contributed by atoms with Gasteiger partial charge in [-0.1, -0.05) is 0 Å². The Morgan fingerprint density at radius 2 is 2.07 bits per heavy atom. The molecule has 0 aromatic carbocycles. The van der Waals surface area contributed by atoms with E-state index in [9.17, 15) is 0 Å². The highest BCUT2D eigenvalue weighted by molar-refractivity contribution is 5.37. The smallest absolute Gasteiger partial charge is 0.147 e. The van der Waals surface area contributed by atoms with Gasteiger partial charge in [0.05, 0.1) is 17.6 Å². The van der Waals surface area contributed by atoms with Crippen molar-refractivity contribution < 1.29 is 0 Å². The number of hydrogen-bond acceptors (Lipinski definition) is 4. The Kier molecular flexibility index (Phi) is 3.41. The van der Waals surface area contributed by atoms with E-state index in [1.165, 1.54) is 0 Å². The van der Waals surface area contributed by atoms with Crippen LogP contribution in [0.2, 0.25) is 0 Å². The number of hydrogen-bond donors (Lipinski definition) is 1. The van der Waals surface area contributed by atoms with Gasteiger partial charge in [0, 0.05) is 19.6 Å². The Bertz CT molecular complexity index is 311. The zero-order chi connectivity index (χ0) is 10.7. The molecular formula is C10H18N4. The predicted octanol–water partition coefficient (Wildman–Crippen LogP) is 0.877. The van der Waals surface area contributed by atoms with Crippen LogP contribution >= 0.6 is 0 Å². The molecule has 1 atom stereocenters. The van der Waals surface area contributed by atoms with Gasteiger partial charge in [0.15, 0.2) is 0 Å². The Labute approximate surface area is 85.2 Å². The lowest BCUT2D eigenvalue weighted by molar-refractivity contribution is 0.684. The molecule has 1 rings (SSSR count). The van der Waals surface area contributed by atoms with Crippen molar-refractivity contribution in [1.29, 1.82) is 0 Å². The number of likely N-dealkylation sites (N-methyl/N-ethyl adjacent to an activating group) is 1. The summed E-state index contributed by atoms with van der Waals surface area (Å²) in [7, 11) is 1.98. The fraction of sp³-hybridized carbons (Fsp3) is 0.600. The molecular weight excluding hydrogens is 176 g/mol. The minimum Gasteiger partial charge on any atom is -0.354 e. The highest BCUT2D eigenvalue weighted by Crippen LogP contribution is 2.11. The number of anilines is 1. The normalized spacial score (nSPS) is 12.6. The van der Waals surface area contributed by atoms with Crippen LogP contribution in [0.4, 0.5) is 5.82 Å². The molecule has 0 aliphatic rings. The van der Waals surface area contributed by atoms with Crippen molar-refractivity contribution >= 4 is 5.82 Å². The number of aryl methyl sites for hydroxylation is 2. The molecule has 0 radical (unpaired) electrons. The summed E-state index contributed by atoms with van der Waals surface area (Å²) in [5, 5.41) is 0. The highest BCUT2D eigenvalue weighted by Gasteiger charge is 2.10. The molecule has 0 spiro atoms. The van der Waals surface area contributed by atoms with Crippen molar-refractivity contribution in [2.24, 2.45) is 5.73 Å². The summed E-state index contributed by atoms with van der Waals surface area (Å²) in [6, 6.07) is 0.284. The maximum Gasteiger partial charge on any atom is 0.147 e. The predicted molar refractivity (Wildman–Crippen MR) is 58.4 cm³/mol. The molecule has 0 saturated heterocycles. The summed E-state index contributed by atoms with van der Waals surface area (Å²) in [6.07, 6.45) is 1.79. The second kappa shape index (κ2) is 4.37. The van der Waals surface area contributed by atoms with Crippen LogP contribution in [0.1, 0.15) is 18.3 Å². The second-order valence-corrected chi connectivity index (χ2v) is 3.59. The molecule has 1 aromatic heterocycles. The van der Waals surface area contributed by atoms with Crippen LogP contribution in [0.3, 0.4) is 0 Å². The lowest BCUT2D eigenvalue weighted by atomic mass is 10.3. The van der Waals surface area contributed by atoms with Crippen LogP contribution in [-0.4, -0.2) is 29.6 Å². The first-order chi connectivity index (χ1) is 6.56. The Morgan fingerprint density at radius 1 is 1.43 bits per heavy atom. The molecule has 0 aliphatic heterocycles. The number of nitrogens with zero attached hydrogens (tertiary/aromatic N) is 3. The monoisotopic (exact) mass is 194 g/mol. The zero-order valence-electron chi connectivity index (χ0n) is 9.28. The van der Waals surface area contributed by atoms with Crippen molar-refractivity contribution in [3.63, 3.8) is 0 Å². The van der Waals surface area contributed by atoms with Crippen LogP contribution < -0.4 is 10.6 Å². The molecule has 1 heterocycles. The molecule has 1 aromatic rings. The highest BCUT2D eigenvalue weighted by atomic mass is 15.2. The summed E-state index contributed by atoms with van der Waals surface area (Å²) in [6.45, 7) is 6.60. The number of rotatable bonds is 3. The summed E-state index contributed by atoms with van der Waals surface area (Å²) < 4.78 is 0. The fourth-order valence-electron chi connectivity index (χ4n) is 1.08. The zero-order valence-corrected chi connectivity index (χ0v) is 9.28. The van der Waals surface area contributed by atoms with E-state index < -0.39 is 0 Å². The molecule has 0 saturated carbocycles. The third-order valence-electron chi connectivity index (χ3n) is 2.54. The first-order valence-electron chi connectivity index (χ1n) is 4.79. The summed E-state index contributed by atoms with van der Waals surface area (Å²) in [4.78, 5) is 10.8. The van der Waals surface area contributed by atoms with Crippen LogP contribution in [0, 0.1) is 13.8 Å². The van der Waals surface area contributed by atoms with Crippen LogP contribution in [0.5, 0.6) is 0 Å². The van der Waals surface area contributed by atoms with Gasteiger partial charge in [-0.15, -0.1) is 0 Å². The van der Waals surface area contributed by atoms with E-state index in [1.807, 2.05) is 25.8 Å². The molecule has 1 unspecified atom stereocenters. The van der Waals surface area contributed by atoms with Gasteiger partial charge >= 0.3 is 0 Å². The van der Waals surface area contributed by atoms with Crippen molar-refractivity contribution in [3.8, 4) is 0 Å². The average Bonchev–Trinajstić information content (AvgIpc) is 2.20. The number of aromatic nitrogens is 2. The van der Waals surface area contributed by atoms with Gasteiger partial charge in [-0.2, -0.15) is 0 Å². The molecule has 14 heavy (non-hydrogen) atoms. The van der Waals surface area contributed by atoms with Gasteiger partial charge in [0.2, 0.25) is 0 Å². The molecule has 0 aliphatic carbocycles. The van der Waals surface area contributed by atoms with Gasteiger partial charge < -0.3 is 10.6 Å².